The number of hydrogen-bond acceptors (Lipinski definition) is 3. The minimum Gasteiger partial charge on any atom is -0.496 e. The van der Waals surface area contributed by atoms with Gasteiger partial charge in [-0.15, -0.1) is 24.0 Å². The second-order valence-corrected chi connectivity index (χ2v) is 5.95. The Morgan fingerprint density at radius 2 is 1.85 bits per heavy atom. The molecule has 0 fully saturated rings. The molecule has 0 aromatic heterocycles. The van der Waals surface area contributed by atoms with Crippen LogP contribution in [0.3, 0.4) is 0 Å². The summed E-state index contributed by atoms with van der Waals surface area (Å²) in [5.74, 6) is 2.64. The highest BCUT2D eigenvalue weighted by Gasteiger charge is 2.04. The van der Waals surface area contributed by atoms with Crippen molar-refractivity contribution in [2.75, 3.05) is 27.3 Å². The summed E-state index contributed by atoms with van der Waals surface area (Å²) in [6, 6.07) is 14.3. The van der Waals surface area contributed by atoms with Crippen LogP contribution in [0.1, 0.15) is 23.6 Å². The summed E-state index contributed by atoms with van der Waals surface area (Å²) in [7, 11) is 3.48. The predicted molar refractivity (Wildman–Crippen MR) is 123 cm³/mol. The summed E-state index contributed by atoms with van der Waals surface area (Å²) in [5, 5.41) is 6.69. The van der Waals surface area contributed by atoms with Crippen LogP contribution >= 0.6 is 24.0 Å². The molecule has 2 rings (SSSR count). The summed E-state index contributed by atoms with van der Waals surface area (Å²) >= 11 is 0. The highest BCUT2D eigenvalue weighted by molar-refractivity contribution is 14.0. The van der Waals surface area contributed by atoms with Crippen LogP contribution in [0.5, 0.6) is 11.5 Å². The van der Waals surface area contributed by atoms with Gasteiger partial charge in [-0.1, -0.05) is 30.3 Å². The molecule has 0 radical (unpaired) electrons. The molecule has 0 spiro atoms. The summed E-state index contributed by atoms with van der Waals surface area (Å²) in [5.41, 5.74) is 3.52. The zero-order chi connectivity index (χ0) is 18.8. The number of hydrogen-bond donors (Lipinski definition) is 2. The molecule has 0 heterocycles. The van der Waals surface area contributed by atoms with Gasteiger partial charge in [0.25, 0.3) is 0 Å². The lowest BCUT2D eigenvalue weighted by Gasteiger charge is -2.14. The number of aryl methyl sites for hydroxylation is 1. The van der Waals surface area contributed by atoms with Crippen LogP contribution < -0.4 is 20.1 Å². The third-order valence-electron chi connectivity index (χ3n) is 4.10. The van der Waals surface area contributed by atoms with E-state index in [1.165, 1.54) is 11.1 Å². The number of ether oxygens (including phenoxy) is 2. The maximum Gasteiger partial charge on any atom is 0.191 e. The van der Waals surface area contributed by atoms with Crippen LogP contribution in [0.4, 0.5) is 0 Å². The Balaban J connectivity index is 0.00000364. The lowest BCUT2D eigenvalue weighted by molar-refractivity contribution is 0.338. The van der Waals surface area contributed by atoms with Gasteiger partial charge in [-0.25, -0.2) is 0 Å². The van der Waals surface area contributed by atoms with E-state index >= 15 is 0 Å². The molecule has 0 atom stereocenters. The monoisotopic (exact) mass is 483 g/mol. The average Bonchev–Trinajstić information content (AvgIpc) is 2.67. The molecule has 0 aliphatic rings. The van der Waals surface area contributed by atoms with Crippen LogP contribution in [-0.4, -0.2) is 33.3 Å². The van der Waals surface area contributed by atoms with Crippen molar-refractivity contribution in [3.8, 4) is 11.5 Å². The van der Waals surface area contributed by atoms with Gasteiger partial charge in [0.15, 0.2) is 5.96 Å². The van der Waals surface area contributed by atoms with Gasteiger partial charge < -0.3 is 20.1 Å². The van der Waals surface area contributed by atoms with E-state index in [9.17, 15) is 0 Å². The lowest BCUT2D eigenvalue weighted by Crippen LogP contribution is -2.37. The third-order valence-corrected chi connectivity index (χ3v) is 4.10. The van der Waals surface area contributed by atoms with Crippen molar-refractivity contribution in [1.29, 1.82) is 0 Å². The molecule has 0 saturated carbocycles. The highest BCUT2D eigenvalue weighted by Crippen LogP contribution is 2.19. The zero-order valence-electron chi connectivity index (χ0n) is 16.5. The van der Waals surface area contributed by atoms with Crippen molar-refractivity contribution in [3.05, 3.63) is 59.2 Å². The van der Waals surface area contributed by atoms with Crippen molar-refractivity contribution in [2.45, 2.75) is 26.8 Å². The number of methoxy groups -OCH3 is 1. The molecule has 6 heteroatoms. The molecular formula is C21H30IN3O2. The first-order valence-corrected chi connectivity index (χ1v) is 8.96. The van der Waals surface area contributed by atoms with E-state index in [0.29, 0.717) is 13.2 Å². The highest BCUT2D eigenvalue weighted by atomic mass is 127. The first-order chi connectivity index (χ1) is 12.7. The average molecular weight is 483 g/mol. The number of para-hydroxylation sites is 1. The van der Waals surface area contributed by atoms with E-state index in [0.717, 1.165) is 36.0 Å². The fourth-order valence-electron chi connectivity index (χ4n) is 2.77. The minimum atomic E-state index is 0. The molecule has 0 bridgehead atoms. The fourth-order valence-corrected chi connectivity index (χ4v) is 2.77. The number of aliphatic imine (C=N–C) groups is 1. The molecule has 0 aliphatic carbocycles. The number of benzene rings is 2. The number of rotatable bonds is 8. The van der Waals surface area contributed by atoms with Gasteiger partial charge in [-0.05, 0) is 49.1 Å². The van der Waals surface area contributed by atoms with Gasteiger partial charge in [0.1, 0.15) is 11.5 Å². The van der Waals surface area contributed by atoms with E-state index in [4.69, 9.17) is 9.47 Å². The molecule has 2 N–H and O–H groups in total. The van der Waals surface area contributed by atoms with Crippen LogP contribution in [0.2, 0.25) is 0 Å². The standard InChI is InChI=1S/C21H29N3O2.HI/c1-5-26-19-11-10-17(14-16(19)2)15-24-21(22-3)23-13-12-18-8-6-7-9-20(18)25-4;/h6-11,14H,5,12-13,15H2,1-4H3,(H2,22,23,24);1H. The summed E-state index contributed by atoms with van der Waals surface area (Å²) in [6.07, 6.45) is 0.868. The summed E-state index contributed by atoms with van der Waals surface area (Å²) in [6.45, 7) is 6.23. The maximum atomic E-state index is 5.59. The van der Waals surface area contributed by atoms with E-state index in [-0.39, 0.29) is 24.0 Å². The van der Waals surface area contributed by atoms with Crippen molar-refractivity contribution in [1.82, 2.24) is 10.6 Å². The van der Waals surface area contributed by atoms with E-state index in [1.807, 2.05) is 31.2 Å². The molecular weight excluding hydrogens is 453 g/mol. The number of halogens is 1. The molecule has 0 aliphatic heterocycles. The summed E-state index contributed by atoms with van der Waals surface area (Å²) < 4.78 is 11.0. The molecule has 0 amide bonds. The van der Waals surface area contributed by atoms with Crippen molar-refractivity contribution in [3.63, 3.8) is 0 Å². The molecule has 2 aromatic rings. The van der Waals surface area contributed by atoms with Crippen LogP contribution in [-0.2, 0) is 13.0 Å². The number of nitrogens with one attached hydrogen (secondary N) is 2. The molecule has 0 unspecified atom stereocenters. The van der Waals surface area contributed by atoms with Crippen molar-refractivity contribution < 1.29 is 9.47 Å². The topological polar surface area (TPSA) is 54.9 Å². The van der Waals surface area contributed by atoms with Crippen LogP contribution in [0.15, 0.2) is 47.5 Å². The molecule has 0 saturated heterocycles. The first-order valence-electron chi connectivity index (χ1n) is 8.96. The smallest absolute Gasteiger partial charge is 0.191 e. The van der Waals surface area contributed by atoms with Gasteiger partial charge in [0.2, 0.25) is 0 Å². The Morgan fingerprint density at radius 3 is 2.52 bits per heavy atom. The van der Waals surface area contributed by atoms with Crippen LogP contribution in [0, 0.1) is 6.92 Å². The largest absolute Gasteiger partial charge is 0.496 e. The molecule has 5 nitrogen and oxygen atoms in total. The van der Waals surface area contributed by atoms with Crippen molar-refractivity contribution in [2.24, 2.45) is 4.99 Å². The Kier molecular flexibility index (Phi) is 10.6. The second-order valence-electron chi connectivity index (χ2n) is 5.95. The second kappa shape index (κ2) is 12.4. The number of nitrogens with zero attached hydrogens (tertiary/aromatic N) is 1. The van der Waals surface area contributed by atoms with E-state index in [1.54, 1.807) is 14.2 Å². The van der Waals surface area contributed by atoms with E-state index < -0.39 is 0 Å². The maximum absolute atomic E-state index is 5.59. The molecule has 148 valence electrons. The zero-order valence-corrected chi connectivity index (χ0v) is 18.9. The normalized spacial score (nSPS) is 10.7. The quantitative estimate of drug-likeness (QED) is 0.340. The number of guanidine groups is 1. The predicted octanol–water partition coefficient (Wildman–Crippen LogP) is 3.93. The van der Waals surface area contributed by atoms with Gasteiger partial charge in [0, 0.05) is 20.1 Å². The SMILES string of the molecule is CCOc1ccc(CNC(=NC)NCCc2ccccc2OC)cc1C.I. The Hall–Kier alpha value is -1.96. The van der Waals surface area contributed by atoms with Gasteiger partial charge in [-0.3, -0.25) is 4.99 Å². The Bertz CT molecular complexity index is 735. The van der Waals surface area contributed by atoms with Crippen LogP contribution in [0.25, 0.3) is 0 Å². The van der Waals surface area contributed by atoms with Crippen molar-refractivity contribution >= 4 is 29.9 Å². The Labute approximate surface area is 179 Å². The molecule has 2 aromatic carbocycles. The fraction of sp³-hybridized carbons (Fsp3) is 0.381. The minimum absolute atomic E-state index is 0. The molecule has 27 heavy (non-hydrogen) atoms. The third kappa shape index (κ3) is 7.28. The summed E-state index contributed by atoms with van der Waals surface area (Å²) in [4.78, 5) is 4.28. The first kappa shape index (κ1) is 23.1. The lowest BCUT2D eigenvalue weighted by atomic mass is 10.1. The van der Waals surface area contributed by atoms with Gasteiger partial charge in [0.05, 0.1) is 13.7 Å². The van der Waals surface area contributed by atoms with Gasteiger partial charge >= 0.3 is 0 Å². The van der Waals surface area contributed by atoms with Gasteiger partial charge in [-0.2, -0.15) is 0 Å². The Morgan fingerprint density at radius 1 is 1.07 bits per heavy atom. The van der Waals surface area contributed by atoms with E-state index in [2.05, 4.69) is 40.7 Å².